The van der Waals surface area contributed by atoms with Crippen LogP contribution in [0.15, 0.2) is 0 Å². The summed E-state index contributed by atoms with van der Waals surface area (Å²) >= 11 is 3.69. The van der Waals surface area contributed by atoms with E-state index in [0.717, 1.165) is 0 Å². The second-order valence-corrected chi connectivity index (χ2v) is 7.44. The van der Waals surface area contributed by atoms with Crippen LogP contribution in [0.2, 0.25) is 0 Å². The number of rotatable bonds is 10. The third kappa shape index (κ3) is 14.5. The lowest BCUT2D eigenvalue weighted by Gasteiger charge is -2.15. The summed E-state index contributed by atoms with van der Waals surface area (Å²) in [7, 11) is 0. The molecule has 0 saturated heterocycles. The van der Waals surface area contributed by atoms with E-state index in [-0.39, 0.29) is 0 Å². The van der Waals surface area contributed by atoms with E-state index < -0.39 is 0 Å². The number of halogens is 1. The molecule has 0 spiro atoms. The Balaban J connectivity index is 2.99. The summed E-state index contributed by atoms with van der Waals surface area (Å²) in [5.74, 6) is 0. The molecule has 0 amide bonds. The highest BCUT2D eigenvalue weighted by Gasteiger charge is 2.10. The standard InChI is InChI=1S/C14H29Br/c1-4-5-6-7-8-9-10-11-12-13-14(2,3)15/h4-13H2,1-3H3. The highest BCUT2D eigenvalue weighted by molar-refractivity contribution is 9.10. The van der Waals surface area contributed by atoms with Crippen molar-refractivity contribution in [1.29, 1.82) is 0 Å². The molecule has 1 heteroatoms. The van der Waals surface area contributed by atoms with Crippen molar-refractivity contribution in [3.05, 3.63) is 0 Å². The minimum atomic E-state index is 0.355. The van der Waals surface area contributed by atoms with Gasteiger partial charge in [-0.2, -0.15) is 0 Å². The normalized spacial score (nSPS) is 12.0. The zero-order valence-corrected chi connectivity index (χ0v) is 12.5. The molecule has 0 fully saturated rings. The number of unbranched alkanes of at least 4 members (excludes halogenated alkanes) is 8. The van der Waals surface area contributed by atoms with Gasteiger partial charge in [0.1, 0.15) is 0 Å². The molecule has 0 aliphatic carbocycles. The Labute approximate surface area is 105 Å². The molecule has 0 heterocycles. The number of hydrogen-bond acceptors (Lipinski definition) is 0. The van der Waals surface area contributed by atoms with Crippen molar-refractivity contribution in [2.75, 3.05) is 0 Å². The Bertz CT molecular complexity index is 124. The van der Waals surface area contributed by atoms with E-state index in [1.54, 1.807) is 0 Å². The Hall–Kier alpha value is 0.480. The molecular formula is C14H29Br. The van der Waals surface area contributed by atoms with Gasteiger partial charge in [-0.25, -0.2) is 0 Å². The monoisotopic (exact) mass is 276 g/mol. The summed E-state index contributed by atoms with van der Waals surface area (Å²) in [6.45, 7) is 6.80. The molecule has 0 saturated carbocycles. The summed E-state index contributed by atoms with van der Waals surface area (Å²) in [6, 6.07) is 0. The molecular weight excluding hydrogens is 248 g/mol. The van der Waals surface area contributed by atoms with Gasteiger partial charge in [-0.1, -0.05) is 94.5 Å². The van der Waals surface area contributed by atoms with Gasteiger partial charge in [0.2, 0.25) is 0 Å². The van der Waals surface area contributed by atoms with Crippen LogP contribution < -0.4 is 0 Å². The van der Waals surface area contributed by atoms with Crippen LogP contribution in [-0.2, 0) is 0 Å². The quantitative estimate of drug-likeness (QED) is 0.335. The van der Waals surface area contributed by atoms with Crippen molar-refractivity contribution in [3.8, 4) is 0 Å². The van der Waals surface area contributed by atoms with E-state index in [0.29, 0.717) is 4.32 Å². The summed E-state index contributed by atoms with van der Waals surface area (Å²) in [4.78, 5) is 0. The van der Waals surface area contributed by atoms with Gasteiger partial charge >= 0.3 is 0 Å². The van der Waals surface area contributed by atoms with Crippen molar-refractivity contribution in [2.24, 2.45) is 0 Å². The van der Waals surface area contributed by atoms with Gasteiger partial charge in [0.05, 0.1) is 0 Å². The van der Waals surface area contributed by atoms with Crippen LogP contribution in [0, 0.1) is 0 Å². The van der Waals surface area contributed by atoms with E-state index in [9.17, 15) is 0 Å². The molecule has 0 aromatic carbocycles. The highest BCUT2D eigenvalue weighted by atomic mass is 79.9. The van der Waals surface area contributed by atoms with Gasteiger partial charge in [0.15, 0.2) is 0 Å². The van der Waals surface area contributed by atoms with Crippen molar-refractivity contribution in [3.63, 3.8) is 0 Å². The molecule has 0 aromatic heterocycles. The van der Waals surface area contributed by atoms with E-state index in [1.165, 1.54) is 64.2 Å². The number of alkyl halides is 1. The molecule has 0 N–H and O–H groups in total. The molecule has 0 aromatic rings. The maximum atomic E-state index is 3.69. The Morgan fingerprint density at radius 1 is 0.733 bits per heavy atom. The van der Waals surface area contributed by atoms with Crippen LogP contribution in [0.1, 0.15) is 85.0 Å². The fourth-order valence-corrected chi connectivity index (χ4v) is 2.14. The van der Waals surface area contributed by atoms with Gasteiger partial charge in [0.25, 0.3) is 0 Å². The zero-order chi connectivity index (χ0) is 11.6. The first-order valence-electron chi connectivity index (χ1n) is 6.75. The molecule has 0 nitrogen and oxygen atoms in total. The fourth-order valence-electron chi connectivity index (χ4n) is 1.86. The summed E-state index contributed by atoms with van der Waals surface area (Å²) in [5.41, 5.74) is 0. The molecule has 0 bridgehead atoms. The molecule has 0 aliphatic rings. The first-order valence-corrected chi connectivity index (χ1v) is 7.54. The first-order chi connectivity index (χ1) is 7.06. The van der Waals surface area contributed by atoms with Gasteiger partial charge in [-0.3, -0.25) is 0 Å². The predicted octanol–water partition coefficient (Wildman–Crippen LogP) is 6.08. The van der Waals surface area contributed by atoms with Crippen LogP contribution in [0.4, 0.5) is 0 Å². The Kier molecular flexibility index (Phi) is 10.00. The van der Waals surface area contributed by atoms with Gasteiger partial charge < -0.3 is 0 Å². The fraction of sp³-hybridized carbons (Fsp3) is 1.00. The molecule has 92 valence electrons. The molecule has 0 radical (unpaired) electrons. The Morgan fingerprint density at radius 3 is 1.53 bits per heavy atom. The third-order valence-corrected chi connectivity index (χ3v) is 3.27. The van der Waals surface area contributed by atoms with Crippen molar-refractivity contribution >= 4 is 15.9 Å². The average Bonchev–Trinajstić information content (AvgIpc) is 2.14. The van der Waals surface area contributed by atoms with Crippen molar-refractivity contribution in [2.45, 2.75) is 89.3 Å². The van der Waals surface area contributed by atoms with E-state index in [4.69, 9.17) is 0 Å². The van der Waals surface area contributed by atoms with Gasteiger partial charge in [-0.15, -0.1) is 0 Å². The van der Waals surface area contributed by atoms with Crippen LogP contribution >= 0.6 is 15.9 Å². The lowest BCUT2D eigenvalue weighted by Crippen LogP contribution is -2.07. The van der Waals surface area contributed by atoms with Gasteiger partial charge in [-0.05, 0) is 6.42 Å². The van der Waals surface area contributed by atoms with E-state index in [1.807, 2.05) is 0 Å². The third-order valence-electron chi connectivity index (χ3n) is 2.87. The molecule has 0 unspecified atom stereocenters. The van der Waals surface area contributed by atoms with Crippen molar-refractivity contribution < 1.29 is 0 Å². The second-order valence-electron chi connectivity index (χ2n) is 5.30. The maximum absolute atomic E-state index is 3.69. The zero-order valence-electron chi connectivity index (χ0n) is 10.9. The van der Waals surface area contributed by atoms with Crippen LogP contribution in [-0.4, -0.2) is 4.32 Å². The smallest absolute Gasteiger partial charge is 0.0201 e. The van der Waals surface area contributed by atoms with Gasteiger partial charge in [0, 0.05) is 4.32 Å². The highest BCUT2D eigenvalue weighted by Crippen LogP contribution is 2.23. The molecule has 0 rings (SSSR count). The van der Waals surface area contributed by atoms with Crippen LogP contribution in [0.5, 0.6) is 0 Å². The lowest BCUT2D eigenvalue weighted by atomic mass is 10.0. The van der Waals surface area contributed by atoms with E-state index >= 15 is 0 Å². The van der Waals surface area contributed by atoms with E-state index in [2.05, 4.69) is 36.7 Å². The summed E-state index contributed by atoms with van der Waals surface area (Å²) < 4.78 is 0.355. The van der Waals surface area contributed by atoms with Crippen molar-refractivity contribution in [1.82, 2.24) is 0 Å². The topological polar surface area (TPSA) is 0 Å². The minimum absolute atomic E-state index is 0.355. The van der Waals surface area contributed by atoms with Crippen LogP contribution in [0.3, 0.4) is 0 Å². The SMILES string of the molecule is CCCCCCCCCCCC(C)(C)Br. The minimum Gasteiger partial charge on any atom is -0.0859 e. The van der Waals surface area contributed by atoms with Crippen LogP contribution in [0.25, 0.3) is 0 Å². The lowest BCUT2D eigenvalue weighted by molar-refractivity contribution is 0.532. The average molecular weight is 277 g/mol. The maximum Gasteiger partial charge on any atom is 0.0201 e. The summed E-state index contributed by atoms with van der Waals surface area (Å²) in [5, 5.41) is 0. The largest absolute Gasteiger partial charge is 0.0859 e. The summed E-state index contributed by atoms with van der Waals surface area (Å²) in [6.07, 6.45) is 14.2. The number of hydrogen-bond donors (Lipinski definition) is 0. The predicted molar refractivity (Wildman–Crippen MR) is 74.9 cm³/mol. The first kappa shape index (κ1) is 15.5. The Morgan fingerprint density at radius 2 is 1.13 bits per heavy atom. The molecule has 15 heavy (non-hydrogen) atoms. The molecule has 0 atom stereocenters. The second kappa shape index (κ2) is 9.69. The molecule has 0 aliphatic heterocycles.